The number of carboxylic acids is 1. The Kier molecular flexibility index (Phi) is 5.93. The lowest BCUT2D eigenvalue weighted by Gasteiger charge is -2.21. The van der Waals surface area contributed by atoms with Crippen molar-refractivity contribution in [3.8, 4) is 0 Å². The zero-order valence-corrected chi connectivity index (χ0v) is 9.25. The third-order valence-corrected chi connectivity index (χ3v) is 1.99. The average Bonchev–Trinajstić information content (AvgIpc) is 2.14. The Morgan fingerprint density at radius 3 is 2.33 bits per heavy atom. The zero-order valence-electron chi connectivity index (χ0n) is 9.25. The lowest BCUT2D eigenvalue weighted by Crippen LogP contribution is -2.35. The molecule has 0 aromatic rings. The average molecular weight is 217 g/mol. The van der Waals surface area contributed by atoms with Crippen molar-refractivity contribution in [1.29, 1.82) is 0 Å². The molecule has 0 unspecified atom stereocenters. The molecule has 5 heteroatoms. The van der Waals surface area contributed by atoms with Gasteiger partial charge in [0.1, 0.15) is 0 Å². The highest BCUT2D eigenvalue weighted by Crippen LogP contribution is 2.11. The Morgan fingerprint density at radius 1 is 1.27 bits per heavy atom. The van der Waals surface area contributed by atoms with Crippen molar-refractivity contribution in [3.05, 3.63) is 0 Å². The Hall–Kier alpha value is -1.10. The van der Waals surface area contributed by atoms with E-state index >= 15 is 0 Å². The van der Waals surface area contributed by atoms with Gasteiger partial charge in [0.15, 0.2) is 0 Å². The van der Waals surface area contributed by atoms with E-state index in [0.29, 0.717) is 13.0 Å². The number of nitrogens with one attached hydrogen (secondary N) is 1. The summed E-state index contributed by atoms with van der Waals surface area (Å²) < 4.78 is 0. The van der Waals surface area contributed by atoms with Crippen LogP contribution >= 0.6 is 0 Å². The highest BCUT2D eigenvalue weighted by atomic mass is 16.4. The molecule has 0 aliphatic rings. The molecule has 1 amide bonds. The van der Waals surface area contributed by atoms with E-state index in [-0.39, 0.29) is 30.8 Å². The minimum atomic E-state index is -0.890. The molecule has 88 valence electrons. The van der Waals surface area contributed by atoms with E-state index in [2.05, 4.69) is 5.32 Å². The number of amides is 1. The number of carboxylic acid groups (broad SMARTS) is 1. The minimum absolute atomic E-state index is 0.00239. The van der Waals surface area contributed by atoms with Gasteiger partial charge in [0.25, 0.3) is 0 Å². The molecule has 0 saturated carbocycles. The van der Waals surface area contributed by atoms with E-state index in [4.69, 9.17) is 10.2 Å². The summed E-state index contributed by atoms with van der Waals surface area (Å²) in [5, 5.41) is 19.9. The van der Waals surface area contributed by atoms with Gasteiger partial charge < -0.3 is 15.5 Å². The number of aliphatic hydroxyl groups excluding tert-OH is 1. The predicted molar refractivity (Wildman–Crippen MR) is 55.4 cm³/mol. The number of aliphatic carboxylic acids is 1. The Labute approximate surface area is 89.5 Å². The van der Waals surface area contributed by atoms with Gasteiger partial charge in [-0.1, -0.05) is 13.8 Å². The number of aliphatic hydroxyl groups is 1. The monoisotopic (exact) mass is 217 g/mol. The van der Waals surface area contributed by atoms with Gasteiger partial charge >= 0.3 is 5.97 Å². The molecule has 15 heavy (non-hydrogen) atoms. The largest absolute Gasteiger partial charge is 0.481 e. The lowest BCUT2D eigenvalue weighted by atomic mass is 9.95. The van der Waals surface area contributed by atoms with Crippen molar-refractivity contribution in [2.75, 3.05) is 13.2 Å². The molecule has 0 radical (unpaired) electrons. The molecule has 0 fully saturated rings. The normalized spacial score (nSPS) is 11.1. The van der Waals surface area contributed by atoms with Crippen LogP contribution in [-0.4, -0.2) is 35.2 Å². The molecule has 0 bridgehead atoms. The standard InChI is InChI=1S/C10H19NO4/c1-10(2,7-12)6-11-8(13)4-3-5-9(14)15/h12H,3-7H2,1-2H3,(H,11,13)(H,14,15). The molecule has 0 aliphatic heterocycles. The fourth-order valence-electron chi connectivity index (χ4n) is 0.882. The van der Waals surface area contributed by atoms with Crippen LogP contribution in [0.2, 0.25) is 0 Å². The fourth-order valence-corrected chi connectivity index (χ4v) is 0.882. The second-order valence-electron chi connectivity index (χ2n) is 4.35. The molecule has 0 atom stereocenters. The van der Waals surface area contributed by atoms with Crippen molar-refractivity contribution in [3.63, 3.8) is 0 Å². The van der Waals surface area contributed by atoms with Crippen molar-refractivity contribution in [2.24, 2.45) is 5.41 Å². The molecule has 0 aromatic carbocycles. The summed E-state index contributed by atoms with van der Waals surface area (Å²) in [7, 11) is 0. The number of rotatable bonds is 7. The maximum Gasteiger partial charge on any atom is 0.303 e. The van der Waals surface area contributed by atoms with Crippen LogP contribution in [0.1, 0.15) is 33.1 Å². The Morgan fingerprint density at radius 2 is 1.87 bits per heavy atom. The first kappa shape index (κ1) is 13.9. The van der Waals surface area contributed by atoms with Crippen LogP contribution in [0.25, 0.3) is 0 Å². The van der Waals surface area contributed by atoms with E-state index in [0.717, 1.165) is 0 Å². The summed E-state index contributed by atoms with van der Waals surface area (Å²) in [6.45, 7) is 4.08. The Bertz CT molecular complexity index is 225. The maximum absolute atomic E-state index is 11.2. The van der Waals surface area contributed by atoms with Crippen LogP contribution in [0.3, 0.4) is 0 Å². The van der Waals surface area contributed by atoms with Crippen molar-refractivity contribution in [1.82, 2.24) is 5.32 Å². The lowest BCUT2D eigenvalue weighted by molar-refractivity contribution is -0.137. The predicted octanol–water partition coefficient (Wildman–Crippen LogP) is 0.376. The minimum Gasteiger partial charge on any atom is -0.481 e. The smallest absolute Gasteiger partial charge is 0.303 e. The van der Waals surface area contributed by atoms with E-state index in [1.165, 1.54) is 0 Å². The fraction of sp³-hybridized carbons (Fsp3) is 0.800. The van der Waals surface area contributed by atoms with Gasteiger partial charge in [-0.05, 0) is 6.42 Å². The maximum atomic E-state index is 11.2. The van der Waals surface area contributed by atoms with Crippen LogP contribution in [0.15, 0.2) is 0 Å². The molecule has 0 heterocycles. The molecular weight excluding hydrogens is 198 g/mol. The first-order chi connectivity index (χ1) is 6.87. The van der Waals surface area contributed by atoms with Crippen LogP contribution in [-0.2, 0) is 9.59 Å². The van der Waals surface area contributed by atoms with E-state index in [1.807, 2.05) is 13.8 Å². The molecule has 0 saturated heterocycles. The summed E-state index contributed by atoms with van der Waals surface area (Å²) in [5.41, 5.74) is -0.331. The van der Waals surface area contributed by atoms with Gasteiger partial charge in [0.2, 0.25) is 5.91 Å². The number of carbonyl (C=O) groups excluding carboxylic acids is 1. The Balaban J connectivity index is 3.62. The highest BCUT2D eigenvalue weighted by Gasteiger charge is 2.17. The second-order valence-corrected chi connectivity index (χ2v) is 4.35. The summed E-state index contributed by atoms with van der Waals surface area (Å²) in [4.78, 5) is 21.4. The molecule has 0 spiro atoms. The van der Waals surface area contributed by atoms with Gasteiger partial charge in [0, 0.05) is 31.4 Å². The molecule has 0 rings (SSSR count). The summed E-state index contributed by atoms with van der Waals surface area (Å²) in [6.07, 6.45) is 0.575. The van der Waals surface area contributed by atoms with E-state index in [1.54, 1.807) is 0 Å². The quantitative estimate of drug-likeness (QED) is 0.575. The number of hydrogen-bond donors (Lipinski definition) is 3. The van der Waals surface area contributed by atoms with Crippen molar-refractivity contribution >= 4 is 11.9 Å². The first-order valence-electron chi connectivity index (χ1n) is 4.97. The first-order valence-corrected chi connectivity index (χ1v) is 4.97. The molecule has 0 aliphatic carbocycles. The van der Waals surface area contributed by atoms with Crippen LogP contribution < -0.4 is 5.32 Å². The van der Waals surface area contributed by atoms with Crippen LogP contribution in [0.5, 0.6) is 0 Å². The molecule has 0 aromatic heterocycles. The third kappa shape index (κ3) is 7.93. The molecule has 5 nitrogen and oxygen atoms in total. The summed E-state index contributed by atoms with van der Waals surface area (Å²) in [5.74, 6) is -1.06. The number of hydrogen-bond acceptors (Lipinski definition) is 3. The van der Waals surface area contributed by atoms with Crippen molar-refractivity contribution < 1.29 is 19.8 Å². The molecular formula is C10H19NO4. The molecule has 3 N–H and O–H groups in total. The van der Waals surface area contributed by atoms with Gasteiger partial charge in [0.05, 0.1) is 0 Å². The van der Waals surface area contributed by atoms with E-state index < -0.39 is 5.97 Å². The van der Waals surface area contributed by atoms with Crippen LogP contribution in [0, 0.1) is 5.41 Å². The topological polar surface area (TPSA) is 86.6 Å². The zero-order chi connectivity index (χ0) is 11.9. The van der Waals surface area contributed by atoms with Gasteiger partial charge in [-0.25, -0.2) is 0 Å². The van der Waals surface area contributed by atoms with Gasteiger partial charge in [-0.2, -0.15) is 0 Å². The van der Waals surface area contributed by atoms with E-state index in [9.17, 15) is 9.59 Å². The third-order valence-electron chi connectivity index (χ3n) is 1.99. The second kappa shape index (κ2) is 6.40. The van der Waals surface area contributed by atoms with Gasteiger partial charge in [-0.15, -0.1) is 0 Å². The van der Waals surface area contributed by atoms with Crippen molar-refractivity contribution in [2.45, 2.75) is 33.1 Å². The van der Waals surface area contributed by atoms with Gasteiger partial charge in [-0.3, -0.25) is 9.59 Å². The SMILES string of the molecule is CC(C)(CO)CNC(=O)CCCC(=O)O. The summed E-state index contributed by atoms with van der Waals surface area (Å²) in [6, 6.07) is 0. The highest BCUT2D eigenvalue weighted by molar-refractivity contribution is 5.76. The van der Waals surface area contributed by atoms with Crippen LogP contribution in [0.4, 0.5) is 0 Å². The summed E-state index contributed by atoms with van der Waals surface area (Å²) >= 11 is 0. The number of carbonyl (C=O) groups is 2.